The maximum absolute atomic E-state index is 12.1. The van der Waals surface area contributed by atoms with Crippen LogP contribution in [0.15, 0.2) is 42.5 Å². The Morgan fingerprint density at radius 1 is 0.875 bits per heavy atom. The average molecular weight is 327 g/mol. The summed E-state index contributed by atoms with van der Waals surface area (Å²) < 4.78 is 0. The van der Waals surface area contributed by atoms with Crippen molar-refractivity contribution in [2.45, 2.75) is 44.9 Å². The van der Waals surface area contributed by atoms with E-state index in [1.807, 2.05) is 24.3 Å². The third-order valence-corrected chi connectivity index (χ3v) is 4.12. The lowest BCUT2D eigenvalue weighted by atomic mass is 10.0. The van der Waals surface area contributed by atoms with Crippen molar-refractivity contribution >= 4 is 22.6 Å². The smallest absolute Gasteiger partial charge is 0.303 e. The van der Waals surface area contributed by atoms with Gasteiger partial charge in [0.2, 0.25) is 5.91 Å². The van der Waals surface area contributed by atoms with Gasteiger partial charge in [0.15, 0.2) is 0 Å². The van der Waals surface area contributed by atoms with Gasteiger partial charge in [0.05, 0.1) is 6.42 Å². The molecule has 2 aromatic carbocycles. The van der Waals surface area contributed by atoms with Crippen LogP contribution in [0.4, 0.5) is 0 Å². The van der Waals surface area contributed by atoms with E-state index in [0.29, 0.717) is 13.0 Å². The van der Waals surface area contributed by atoms with Crippen LogP contribution in [-0.2, 0) is 16.0 Å². The minimum Gasteiger partial charge on any atom is -0.481 e. The largest absolute Gasteiger partial charge is 0.481 e. The highest BCUT2D eigenvalue weighted by molar-refractivity contribution is 5.90. The van der Waals surface area contributed by atoms with E-state index in [1.54, 1.807) is 0 Å². The Bertz CT molecular complexity index is 676. The van der Waals surface area contributed by atoms with E-state index in [0.717, 1.165) is 48.4 Å². The standard InChI is InChI=1S/C20H25NO3/c22-19(21-14-7-3-1-2-4-13-20(23)24)15-17-11-8-10-16-9-5-6-12-18(16)17/h5-6,8-12H,1-4,7,13-15H2,(H,21,22)(H,23,24). The van der Waals surface area contributed by atoms with Crippen molar-refractivity contribution in [2.75, 3.05) is 6.54 Å². The van der Waals surface area contributed by atoms with Gasteiger partial charge >= 0.3 is 5.97 Å². The monoisotopic (exact) mass is 327 g/mol. The first-order chi connectivity index (χ1) is 11.7. The molecular weight excluding hydrogens is 302 g/mol. The maximum Gasteiger partial charge on any atom is 0.303 e. The zero-order valence-electron chi connectivity index (χ0n) is 14.0. The summed E-state index contributed by atoms with van der Waals surface area (Å²) >= 11 is 0. The molecule has 2 aromatic rings. The van der Waals surface area contributed by atoms with Gasteiger partial charge in [-0.25, -0.2) is 0 Å². The van der Waals surface area contributed by atoms with E-state index in [9.17, 15) is 9.59 Å². The highest BCUT2D eigenvalue weighted by Crippen LogP contribution is 2.18. The summed E-state index contributed by atoms with van der Waals surface area (Å²) in [6.45, 7) is 0.683. The second-order valence-electron chi connectivity index (χ2n) is 6.08. The zero-order chi connectivity index (χ0) is 17.2. The number of fused-ring (bicyclic) bond motifs is 1. The molecule has 0 aliphatic carbocycles. The van der Waals surface area contributed by atoms with Gasteiger partial charge in [-0.2, -0.15) is 0 Å². The fraction of sp³-hybridized carbons (Fsp3) is 0.400. The van der Waals surface area contributed by atoms with Gasteiger partial charge in [-0.1, -0.05) is 61.7 Å². The Kier molecular flexibility index (Phi) is 7.27. The van der Waals surface area contributed by atoms with Crippen LogP contribution in [0.1, 0.15) is 44.1 Å². The Morgan fingerprint density at radius 2 is 1.58 bits per heavy atom. The maximum atomic E-state index is 12.1. The van der Waals surface area contributed by atoms with Gasteiger partial charge in [0.1, 0.15) is 0 Å². The molecule has 1 amide bonds. The molecule has 128 valence electrons. The fourth-order valence-corrected chi connectivity index (χ4v) is 2.84. The van der Waals surface area contributed by atoms with Gasteiger partial charge in [-0.3, -0.25) is 9.59 Å². The molecule has 24 heavy (non-hydrogen) atoms. The first kappa shape index (κ1) is 18.0. The van der Waals surface area contributed by atoms with Crippen LogP contribution >= 0.6 is 0 Å². The predicted octanol–water partition coefficient (Wildman–Crippen LogP) is 3.92. The summed E-state index contributed by atoms with van der Waals surface area (Å²) in [5.74, 6) is -0.673. The number of carbonyl (C=O) groups is 2. The second-order valence-corrected chi connectivity index (χ2v) is 6.08. The second kappa shape index (κ2) is 9.71. The molecule has 0 heterocycles. The van der Waals surface area contributed by atoms with Crippen LogP contribution in [0.25, 0.3) is 10.8 Å². The zero-order valence-corrected chi connectivity index (χ0v) is 14.0. The molecule has 2 rings (SSSR count). The summed E-state index contributed by atoms with van der Waals surface area (Å²) in [4.78, 5) is 22.5. The topological polar surface area (TPSA) is 66.4 Å². The van der Waals surface area contributed by atoms with Crippen molar-refractivity contribution in [2.24, 2.45) is 0 Å². The van der Waals surface area contributed by atoms with E-state index in [2.05, 4.69) is 23.5 Å². The molecule has 0 bridgehead atoms. The van der Waals surface area contributed by atoms with Gasteiger partial charge in [-0.15, -0.1) is 0 Å². The third-order valence-electron chi connectivity index (χ3n) is 4.12. The number of nitrogens with one attached hydrogen (secondary N) is 1. The molecule has 4 nitrogen and oxygen atoms in total. The molecule has 0 spiro atoms. The minimum atomic E-state index is -0.726. The number of carbonyl (C=O) groups excluding carboxylic acids is 1. The Hall–Kier alpha value is -2.36. The van der Waals surface area contributed by atoms with Gasteiger partial charge < -0.3 is 10.4 Å². The van der Waals surface area contributed by atoms with Crippen molar-refractivity contribution in [1.82, 2.24) is 5.32 Å². The molecule has 0 saturated heterocycles. The lowest BCUT2D eigenvalue weighted by Gasteiger charge is -2.08. The molecule has 0 atom stereocenters. The third kappa shape index (κ3) is 6.03. The lowest BCUT2D eigenvalue weighted by molar-refractivity contribution is -0.137. The van der Waals surface area contributed by atoms with Crippen molar-refractivity contribution in [3.05, 3.63) is 48.0 Å². The normalized spacial score (nSPS) is 10.7. The first-order valence-electron chi connectivity index (χ1n) is 8.62. The summed E-state index contributed by atoms with van der Waals surface area (Å²) in [7, 11) is 0. The lowest BCUT2D eigenvalue weighted by Crippen LogP contribution is -2.26. The van der Waals surface area contributed by atoms with Crippen molar-refractivity contribution in [3.8, 4) is 0 Å². The van der Waals surface area contributed by atoms with Crippen LogP contribution < -0.4 is 5.32 Å². The van der Waals surface area contributed by atoms with Gasteiger partial charge in [-0.05, 0) is 29.2 Å². The number of amides is 1. The molecule has 0 radical (unpaired) electrons. The molecule has 4 heteroatoms. The molecule has 0 aliphatic rings. The Balaban J connectivity index is 1.65. The van der Waals surface area contributed by atoms with Gasteiger partial charge in [0, 0.05) is 13.0 Å². The van der Waals surface area contributed by atoms with Crippen LogP contribution in [-0.4, -0.2) is 23.5 Å². The molecule has 0 aliphatic heterocycles. The summed E-state index contributed by atoms with van der Waals surface area (Å²) in [5.41, 5.74) is 1.05. The van der Waals surface area contributed by atoms with Crippen LogP contribution in [0, 0.1) is 0 Å². The average Bonchev–Trinajstić information content (AvgIpc) is 2.57. The molecule has 0 saturated carbocycles. The van der Waals surface area contributed by atoms with E-state index < -0.39 is 5.97 Å². The number of benzene rings is 2. The van der Waals surface area contributed by atoms with Crippen LogP contribution in [0.5, 0.6) is 0 Å². The Morgan fingerprint density at radius 3 is 2.42 bits per heavy atom. The number of carboxylic acids is 1. The molecular formula is C20H25NO3. The molecule has 0 unspecified atom stereocenters. The number of carboxylic acid groups (broad SMARTS) is 1. The summed E-state index contributed by atoms with van der Waals surface area (Å²) in [6.07, 6.45) is 5.32. The summed E-state index contributed by atoms with van der Waals surface area (Å²) in [6, 6.07) is 14.2. The SMILES string of the molecule is O=C(O)CCCCCCCNC(=O)Cc1cccc2ccccc12. The molecule has 0 aromatic heterocycles. The first-order valence-corrected chi connectivity index (χ1v) is 8.62. The van der Waals surface area contributed by atoms with Crippen LogP contribution in [0.2, 0.25) is 0 Å². The summed E-state index contributed by atoms with van der Waals surface area (Å²) in [5, 5.41) is 13.8. The quantitative estimate of drug-likeness (QED) is 0.650. The van der Waals surface area contributed by atoms with E-state index >= 15 is 0 Å². The Labute approximate surface area is 142 Å². The highest BCUT2D eigenvalue weighted by Gasteiger charge is 2.06. The fourth-order valence-electron chi connectivity index (χ4n) is 2.84. The molecule has 2 N–H and O–H groups in total. The highest BCUT2D eigenvalue weighted by atomic mass is 16.4. The van der Waals surface area contributed by atoms with E-state index in [1.165, 1.54) is 0 Å². The number of hydrogen-bond acceptors (Lipinski definition) is 2. The van der Waals surface area contributed by atoms with E-state index in [-0.39, 0.29) is 12.3 Å². The van der Waals surface area contributed by atoms with E-state index in [4.69, 9.17) is 5.11 Å². The van der Waals surface area contributed by atoms with Crippen LogP contribution in [0.3, 0.4) is 0 Å². The van der Waals surface area contributed by atoms with Crippen molar-refractivity contribution in [3.63, 3.8) is 0 Å². The molecule has 0 fully saturated rings. The minimum absolute atomic E-state index is 0.0530. The van der Waals surface area contributed by atoms with Crippen molar-refractivity contribution < 1.29 is 14.7 Å². The number of aliphatic carboxylic acids is 1. The van der Waals surface area contributed by atoms with Crippen molar-refractivity contribution in [1.29, 1.82) is 0 Å². The number of rotatable bonds is 10. The predicted molar refractivity (Wildman–Crippen MR) is 96.0 cm³/mol. The number of hydrogen-bond donors (Lipinski definition) is 2. The number of unbranched alkanes of at least 4 members (excludes halogenated alkanes) is 4. The van der Waals surface area contributed by atoms with Gasteiger partial charge in [0.25, 0.3) is 0 Å².